The van der Waals surface area contributed by atoms with Gasteiger partial charge in [-0.1, -0.05) is 35.9 Å². The van der Waals surface area contributed by atoms with Crippen LogP contribution in [0.25, 0.3) is 0 Å². The van der Waals surface area contributed by atoms with E-state index >= 15 is 0 Å². The molecule has 2 atom stereocenters. The number of rotatable bonds is 7. The molecule has 1 amide bonds. The van der Waals surface area contributed by atoms with Crippen LogP contribution < -0.4 is 10.6 Å². The molecule has 4 nitrogen and oxygen atoms in total. The Morgan fingerprint density at radius 1 is 1.21 bits per heavy atom. The molecule has 7 heteroatoms. The highest BCUT2D eigenvalue weighted by atomic mass is 35.5. The predicted molar refractivity (Wildman–Crippen MR) is 111 cm³/mol. The maximum atomic E-state index is 13.9. The molecule has 0 radical (unpaired) electrons. The number of nitrogens with zero attached hydrogens (tertiary/aromatic N) is 1. The van der Waals surface area contributed by atoms with Crippen molar-refractivity contribution in [3.63, 3.8) is 0 Å². The van der Waals surface area contributed by atoms with Gasteiger partial charge >= 0.3 is 0 Å². The zero-order chi connectivity index (χ0) is 21.0. The van der Waals surface area contributed by atoms with E-state index in [-0.39, 0.29) is 30.6 Å². The van der Waals surface area contributed by atoms with Crippen molar-refractivity contribution >= 4 is 17.5 Å². The van der Waals surface area contributed by atoms with E-state index in [1.165, 1.54) is 12.1 Å². The molecule has 0 aliphatic carbocycles. The van der Waals surface area contributed by atoms with Crippen molar-refractivity contribution in [2.45, 2.75) is 51.5 Å². The summed E-state index contributed by atoms with van der Waals surface area (Å²) in [6.07, 6.45) is 0.603. The van der Waals surface area contributed by atoms with Gasteiger partial charge < -0.3 is 10.6 Å². The van der Waals surface area contributed by atoms with Crippen LogP contribution >= 0.6 is 11.6 Å². The van der Waals surface area contributed by atoms with Crippen LogP contribution in [0.5, 0.6) is 0 Å². The monoisotopic (exact) mass is 421 g/mol. The molecule has 1 saturated heterocycles. The third kappa shape index (κ3) is 5.75. The van der Waals surface area contributed by atoms with Crippen molar-refractivity contribution in [3.05, 3.63) is 70.2 Å². The second kappa shape index (κ2) is 9.65. The Hall–Kier alpha value is -2.02. The van der Waals surface area contributed by atoms with E-state index < -0.39 is 11.6 Å². The molecule has 0 unspecified atom stereocenters. The summed E-state index contributed by atoms with van der Waals surface area (Å²) in [5.41, 5.74) is 1.36. The lowest BCUT2D eigenvalue weighted by molar-refractivity contribution is -0.126. The highest BCUT2D eigenvalue weighted by Gasteiger charge is 2.36. The number of benzene rings is 2. The lowest BCUT2D eigenvalue weighted by Gasteiger charge is -2.24. The Balaban J connectivity index is 1.70. The van der Waals surface area contributed by atoms with Crippen LogP contribution in [0.4, 0.5) is 8.78 Å². The number of hydrogen-bond donors (Lipinski definition) is 2. The predicted octanol–water partition coefficient (Wildman–Crippen LogP) is 3.88. The summed E-state index contributed by atoms with van der Waals surface area (Å²) in [5.74, 6) is -1.19. The molecule has 3 rings (SSSR count). The Morgan fingerprint density at radius 2 is 1.97 bits per heavy atom. The van der Waals surface area contributed by atoms with E-state index in [1.807, 2.05) is 38.1 Å². The van der Waals surface area contributed by atoms with Gasteiger partial charge in [-0.3, -0.25) is 9.69 Å². The van der Waals surface area contributed by atoms with Crippen LogP contribution in [0.2, 0.25) is 5.02 Å². The molecule has 1 heterocycles. The maximum Gasteiger partial charge on any atom is 0.237 e. The number of hydrogen-bond acceptors (Lipinski definition) is 3. The molecule has 2 aromatic carbocycles. The van der Waals surface area contributed by atoms with E-state index in [4.69, 9.17) is 11.6 Å². The number of carbonyl (C=O) groups excluding carboxylic acids is 1. The molecule has 1 fully saturated rings. The molecule has 1 aliphatic rings. The Bertz CT molecular complexity index is 862. The van der Waals surface area contributed by atoms with Gasteiger partial charge in [-0.2, -0.15) is 0 Å². The fraction of sp³-hybridized carbons (Fsp3) is 0.409. The number of nitrogens with one attached hydrogen (secondary N) is 2. The first-order chi connectivity index (χ1) is 13.8. The first kappa shape index (κ1) is 21.7. The zero-order valence-corrected chi connectivity index (χ0v) is 17.3. The fourth-order valence-corrected chi connectivity index (χ4v) is 3.84. The number of halogens is 3. The van der Waals surface area contributed by atoms with Gasteiger partial charge in [-0.15, -0.1) is 0 Å². The standard InChI is InChI=1S/C22H26ClF2N3O/c1-14(2)27-22(29)21-10-18(26-11-15-7-8-17(24)9-20(15)25)13-28(21)12-16-5-3-4-6-19(16)23/h3-9,14,18,21,26H,10-13H2,1-2H3,(H,27,29)/t18-,21-/m0/s1. The highest BCUT2D eigenvalue weighted by molar-refractivity contribution is 6.31. The SMILES string of the molecule is CC(C)NC(=O)[C@@H]1C[C@H](NCc2ccc(F)cc2F)CN1Cc1ccccc1Cl. The van der Waals surface area contributed by atoms with Gasteiger partial charge in [-0.25, -0.2) is 8.78 Å². The summed E-state index contributed by atoms with van der Waals surface area (Å²) in [6, 6.07) is 10.9. The van der Waals surface area contributed by atoms with Gasteiger partial charge in [0.2, 0.25) is 5.91 Å². The molecule has 29 heavy (non-hydrogen) atoms. The van der Waals surface area contributed by atoms with Crippen LogP contribution in [0.15, 0.2) is 42.5 Å². The quantitative estimate of drug-likeness (QED) is 0.713. The second-order valence-corrected chi connectivity index (χ2v) is 8.16. The van der Waals surface area contributed by atoms with Crippen LogP contribution in [-0.2, 0) is 17.9 Å². The van der Waals surface area contributed by atoms with Gasteiger partial charge in [0.25, 0.3) is 0 Å². The molecule has 0 saturated carbocycles. The highest BCUT2D eigenvalue weighted by Crippen LogP contribution is 2.25. The zero-order valence-electron chi connectivity index (χ0n) is 16.6. The topological polar surface area (TPSA) is 44.4 Å². The van der Waals surface area contributed by atoms with E-state index in [9.17, 15) is 13.6 Å². The van der Waals surface area contributed by atoms with Crippen molar-refractivity contribution in [1.82, 2.24) is 15.5 Å². The first-order valence-electron chi connectivity index (χ1n) is 9.78. The van der Waals surface area contributed by atoms with Crippen LogP contribution in [0.3, 0.4) is 0 Å². The third-order valence-electron chi connectivity index (χ3n) is 5.06. The summed E-state index contributed by atoms with van der Waals surface area (Å²) in [4.78, 5) is 14.8. The lowest BCUT2D eigenvalue weighted by Crippen LogP contribution is -2.45. The van der Waals surface area contributed by atoms with Gasteiger partial charge in [0, 0.05) is 48.4 Å². The van der Waals surface area contributed by atoms with Crippen molar-refractivity contribution in [2.75, 3.05) is 6.54 Å². The van der Waals surface area contributed by atoms with Gasteiger partial charge in [0.1, 0.15) is 11.6 Å². The Labute approximate surface area is 175 Å². The summed E-state index contributed by atoms with van der Waals surface area (Å²) in [7, 11) is 0. The molecule has 156 valence electrons. The van der Waals surface area contributed by atoms with Gasteiger partial charge in [-0.05, 0) is 38.0 Å². The average Bonchev–Trinajstić information content (AvgIpc) is 3.05. The number of amides is 1. The molecule has 0 spiro atoms. The largest absolute Gasteiger partial charge is 0.353 e. The second-order valence-electron chi connectivity index (χ2n) is 7.75. The smallest absolute Gasteiger partial charge is 0.237 e. The maximum absolute atomic E-state index is 13.9. The van der Waals surface area contributed by atoms with Crippen LogP contribution in [-0.4, -0.2) is 35.5 Å². The molecule has 0 aromatic heterocycles. The van der Waals surface area contributed by atoms with Crippen molar-refractivity contribution in [2.24, 2.45) is 0 Å². The third-order valence-corrected chi connectivity index (χ3v) is 5.43. The molecule has 1 aliphatic heterocycles. The normalized spacial score (nSPS) is 19.7. The number of likely N-dealkylation sites (tertiary alicyclic amines) is 1. The van der Waals surface area contributed by atoms with Crippen molar-refractivity contribution in [1.29, 1.82) is 0 Å². The summed E-state index contributed by atoms with van der Waals surface area (Å²) in [5, 5.41) is 6.96. The van der Waals surface area contributed by atoms with Crippen LogP contribution in [0.1, 0.15) is 31.4 Å². The summed E-state index contributed by atoms with van der Waals surface area (Å²) < 4.78 is 27.0. The van der Waals surface area contributed by atoms with E-state index in [0.29, 0.717) is 30.1 Å². The summed E-state index contributed by atoms with van der Waals surface area (Å²) >= 11 is 6.31. The number of carbonyl (C=O) groups is 1. The van der Waals surface area contributed by atoms with Crippen molar-refractivity contribution < 1.29 is 13.6 Å². The molecule has 0 bridgehead atoms. The molecule has 2 aromatic rings. The Kier molecular flexibility index (Phi) is 7.22. The average molecular weight is 422 g/mol. The van der Waals surface area contributed by atoms with E-state index in [2.05, 4.69) is 15.5 Å². The molecule has 2 N–H and O–H groups in total. The first-order valence-corrected chi connectivity index (χ1v) is 10.2. The molecular weight excluding hydrogens is 396 g/mol. The Morgan fingerprint density at radius 3 is 2.66 bits per heavy atom. The van der Waals surface area contributed by atoms with E-state index in [0.717, 1.165) is 11.6 Å². The van der Waals surface area contributed by atoms with Gasteiger partial charge in [0.15, 0.2) is 0 Å². The van der Waals surface area contributed by atoms with Gasteiger partial charge in [0.05, 0.1) is 6.04 Å². The molecular formula is C22H26ClF2N3O. The van der Waals surface area contributed by atoms with E-state index in [1.54, 1.807) is 0 Å². The minimum Gasteiger partial charge on any atom is -0.353 e. The lowest BCUT2D eigenvalue weighted by atomic mass is 10.1. The van der Waals surface area contributed by atoms with Crippen molar-refractivity contribution in [3.8, 4) is 0 Å². The summed E-state index contributed by atoms with van der Waals surface area (Å²) in [6.45, 7) is 5.31. The minimum atomic E-state index is -0.594. The van der Waals surface area contributed by atoms with Crippen LogP contribution in [0, 0.1) is 11.6 Å². The minimum absolute atomic E-state index is 0.00449. The fourth-order valence-electron chi connectivity index (χ4n) is 3.64.